The first-order valence-corrected chi connectivity index (χ1v) is 4.33. The van der Waals surface area contributed by atoms with Crippen molar-refractivity contribution in [1.29, 1.82) is 0 Å². The van der Waals surface area contributed by atoms with Gasteiger partial charge in [-0.2, -0.15) is 18.3 Å². The van der Waals surface area contributed by atoms with Crippen LogP contribution >= 0.6 is 11.6 Å². The van der Waals surface area contributed by atoms with Crippen LogP contribution in [0.2, 0.25) is 5.15 Å². The molecule has 0 aromatic carbocycles. The van der Waals surface area contributed by atoms with Crippen LogP contribution in [0.5, 0.6) is 0 Å². The summed E-state index contributed by atoms with van der Waals surface area (Å²) in [6.07, 6.45) is -4.44. The summed E-state index contributed by atoms with van der Waals surface area (Å²) in [5.41, 5.74) is -1.52. The van der Waals surface area contributed by atoms with Gasteiger partial charge in [0.05, 0.1) is 5.54 Å². The Bertz CT molecular complexity index is 335. The van der Waals surface area contributed by atoms with Crippen molar-refractivity contribution in [3.05, 3.63) is 16.9 Å². The highest BCUT2D eigenvalue weighted by Crippen LogP contribution is 2.31. The summed E-state index contributed by atoms with van der Waals surface area (Å²) < 4.78 is 37.9. The van der Waals surface area contributed by atoms with E-state index in [9.17, 15) is 13.2 Å². The number of nitrogens with zero attached hydrogens (tertiary/aromatic N) is 2. The van der Waals surface area contributed by atoms with E-state index in [2.05, 4.69) is 5.10 Å². The van der Waals surface area contributed by atoms with Crippen LogP contribution in [-0.4, -0.2) is 9.78 Å². The third-order valence-electron chi connectivity index (χ3n) is 1.59. The van der Waals surface area contributed by atoms with Gasteiger partial charge in [0.2, 0.25) is 0 Å². The Balaban J connectivity index is 3.19. The second kappa shape index (κ2) is 3.15. The zero-order chi connectivity index (χ0) is 11.1. The van der Waals surface area contributed by atoms with Crippen molar-refractivity contribution in [3.63, 3.8) is 0 Å². The number of rotatable bonds is 0. The van der Waals surface area contributed by atoms with Gasteiger partial charge in [-0.1, -0.05) is 11.6 Å². The number of hydrogen-bond donors (Lipinski definition) is 0. The maximum atomic E-state index is 12.2. The quantitative estimate of drug-likeness (QED) is 0.664. The topological polar surface area (TPSA) is 17.8 Å². The Morgan fingerprint density at radius 1 is 1.29 bits per heavy atom. The number of hydrogen-bond acceptors (Lipinski definition) is 1. The van der Waals surface area contributed by atoms with E-state index in [1.807, 2.05) is 0 Å². The highest BCUT2D eigenvalue weighted by molar-refractivity contribution is 6.29. The number of alkyl halides is 3. The third-order valence-corrected chi connectivity index (χ3v) is 1.86. The van der Waals surface area contributed by atoms with Gasteiger partial charge in [-0.05, 0) is 20.8 Å². The summed E-state index contributed by atoms with van der Waals surface area (Å²) in [7, 11) is 0. The van der Waals surface area contributed by atoms with Crippen molar-refractivity contribution < 1.29 is 13.2 Å². The molecule has 0 amide bonds. The standard InChI is InChI=1S/C8H10ClF3N2/c1-7(2,3)14-6(9)4-5(13-14)8(10,11)12/h4H,1-3H3. The van der Waals surface area contributed by atoms with E-state index >= 15 is 0 Å². The third kappa shape index (κ3) is 2.20. The van der Waals surface area contributed by atoms with Gasteiger partial charge in [0, 0.05) is 6.07 Å². The molecule has 80 valence electrons. The Morgan fingerprint density at radius 2 is 1.79 bits per heavy atom. The highest BCUT2D eigenvalue weighted by atomic mass is 35.5. The minimum atomic E-state index is -4.44. The molecule has 0 saturated heterocycles. The van der Waals surface area contributed by atoms with Gasteiger partial charge in [0.25, 0.3) is 0 Å². The smallest absolute Gasteiger partial charge is 0.248 e. The summed E-state index contributed by atoms with van der Waals surface area (Å²) in [4.78, 5) is 0. The predicted molar refractivity (Wildman–Crippen MR) is 47.2 cm³/mol. The van der Waals surface area contributed by atoms with Crippen molar-refractivity contribution in [2.45, 2.75) is 32.5 Å². The van der Waals surface area contributed by atoms with E-state index in [0.717, 1.165) is 10.7 Å². The zero-order valence-corrected chi connectivity index (χ0v) is 8.74. The Labute approximate surface area is 84.7 Å². The summed E-state index contributed by atoms with van der Waals surface area (Å²) in [5.74, 6) is 0. The molecule has 1 aromatic heterocycles. The van der Waals surface area contributed by atoms with Gasteiger partial charge in [0.1, 0.15) is 5.15 Å². The molecule has 6 heteroatoms. The van der Waals surface area contributed by atoms with Gasteiger partial charge in [0.15, 0.2) is 5.69 Å². The van der Waals surface area contributed by atoms with Crippen LogP contribution in [0.15, 0.2) is 6.07 Å². The fourth-order valence-corrected chi connectivity index (χ4v) is 1.36. The molecular formula is C8H10ClF3N2. The molecule has 0 unspecified atom stereocenters. The predicted octanol–water partition coefficient (Wildman–Crippen LogP) is 3.31. The van der Waals surface area contributed by atoms with Gasteiger partial charge in [-0.3, -0.25) is 0 Å². The molecule has 0 aliphatic rings. The Hall–Kier alpha value is -0.710. The lowest BCUT2D eigenvalue weighted by Crippen LogP contribution is -2.24. The van der Waals surface area contributed by atoms with E-state index in [0.29, 0.717) is 0 Å². The van der Waals surface area contributed by atoms with Gasteiger partial charge in [-0.15, -0.1) is 0 Å². The maximum absolute atomic E-state index is 12.2. The zero-order valence-electron chi connectivity index (χ0n) is 7.98. The molecule has 0 spiro atoms. The molecule has 0 saturated carbocycles. The van der Waals surface area contributed by atoms with E-state index in [1.165, 1.54) is 0 Å². The van der Waals surface area contributed by atoms with Crippen molar-refractivity contribution in [1.82, 2.24) is 9.78 Å². The number of aromatic nitrogens is 2. The first kappa shape index (κ1) is 11.4. The molecule has 0 fully saturated rings. The van der Waals surface area contributed by atoms with Gasteiger partial charge >= 0.3 is 6.18 Å². The minimum absolute atomic E-state index is 0.00942. The fraction of sp³-hybridized carbons (Fsp3) is 0.625. The SMILES string of the molecule is CC(C)(C)n1nc(C(F)(F)F)cc1Cl. The molecule has 14 heavy (non-hydrogen) atoms. The average Bonchev–Trinajstić information content (AvgIpc) is 2.27. The van der Waals surface area contributed by atoms with Gasteiger partial charge in [-0.25, -0.2) is 4.68 Å². The summed E-state index contributed by atoms with van der Waals surface area (Å²) in [5, 5.41) is 3.40. The van der Waals surface area contributed by atoms with E-state index in [-0.39, 0.29) is 5.15 Å². The molecule has 0 atom stereocenters. The fourth-order valence-electron chi connectivity index (χ4n) is 0.967. The Morgan fingerprint density at radius 3 is 2.00 bits per heavy atom. The lowest BCUT2D eigenvalue weighted by atomic mass is 10.1. The molecule has 1 aromatic rings. The van der Waals surface area contributed by atoms with E-state index < -0.39 is 17.4 Å². The molecule has 0 aliphatic heterocycles. The molecule has 1 heterocycles. The lowest BCUT2D eigenvalue weighted by Gasteiger charge is -2.20. The summed E-state index contributed by atoms with van der Waals surface area (Å²) >= 11 is 5.64. The Kier molecular flexibility index (Phi) is 2.56. The first-order chi connectivity index (χ1) is 6.12. The minimum Gasteiger partial charge on any atom is -0.248 e. The molecule has 0 bridgehead atoms. The second-order valence-electron chi connectivity index (χ2n) is 3.93. The van der Waals surface area contributed by atoms with Crippen molar-refractivity contribution in [3.8, 4) is 0 Å². The summed E-state index contributed by atoms with van der Waals surface area (Å²) in [6, 6.07) is 0.826. The number of halogens is 4. The molecule has 0 aliphatic carbocycles. The molecule has 1 rings (SSSR count). The van der Waals surface area contributed by atoms with Crippen LogP contribution in [-0.2, 0) is 11.7 Å². The first-order valence-electron chi connectivity index (χ1n) is 3.95. The van der Waals surface area contributed by atoms with Crippen molar-refractivity contribution in [2.24, 2.45) is 0 Å². The maximum Gasteiger partial charge on any atom is 0.435 e. The molecule has 0 N–H and O–H groups in total. The van der Waals surface area contributed by atoms with Crippen LogP contribution in [0.3, 0.4) is 0 Å². The molecule has 2 nitrogen and oxygen atoms in total. The lowest BCUT2D eigenvalue weighted by molar-refractivity contribution is -0.141. The van der Waals surface area contributed by atoms with Crippen LogP contribution in [0.1, 0.15) is 26.5 Å². The largest absolute Gasteiger partial charge is 0.435 e. The van der Waals surface area contributed by atoms with E-state index in [4.69, 9.17) is 11.6 Å². The highest BCUT2D eigenvalue weighted by Gasteiger charge is 2.36. The van der Waals surface area contributed by atoms with Gasteiger partial charge < -0.3 is 0 Å². The van der Waals surface area contributed by atoms with Crippen molar-refractivity contribution in [2.75, 3.05) is 0 Å². The van der Waals surface area contributed by atoms with E-state index in [1.54, 1.807) is 20.8 Å². The second-order valence-corrected chi connectivity index (χ2v) is 4.32. The van der Waals surface area contributed by atoms with Crippen LogP contribution < -0.4 is 0 Å². The van der Waals surface area contributed by atoms with Crippen LogP contribution in [0, 0.1) is 0 Å². The summed E-state index contributed by atoms with van der Waals surface area (Å²) in [6.45, 7) is 5.18. The monoisotopic (exact) mass is 226 g/mol. The van der Waals surface area contributed by atoms with Crippen molar-refractivity contribution >= 4 is 11.6 Å². The average molecular weight is 227 g/mol. The molecule has 0 radical (unpaired) electrons. The van der Waals surface area contributed by atoms with Crippen LogP contribution in [0.25, 0.3) is 0 Å². The normalized spacial score (nSPS) is 13.4. The van der Waals surface area contributed by atoms with Crippen LogP contribution in [0.4, 0.5) is 13.2 Å². The molecular weight excluding hydrogens is 217 g/mol.